The summed E-state index contributed by atoms with van der Waals surface area (Å²) >= 11 is 0. The number of ether oxygens (including phenoxy) is 2. The number of likely N-dealkylation sites (N-methyl/N-ethyl adjacent to an activating group) is 1. The predicted octanol–water partition coefficient (Wildman–Crippen LogP) is 2.46. The highest BCUT2D eigenvalue weighted by atomic mass is 32.2. The van der Waals surface area contributed by atoms with Gasteiger partial charge < -0.3 is 14.4 Å². The van der Waals surface area contributed by atoms with Crippen LogP contribution in [0, 0.1) is 5.92 Å². The van der Waals surface area contributed by atoms with Crippen molar-refractivity contribution < 1.29 is 22.7 Å². The smallest absolute Gasteiger partial charge is 0.257 e. The number of amides is 1. The largest absolute Gasteiger partial charge is 0.491 e. The molecule has 1 amide bonds. The molecule has 10 heteroatoms. The van der Waals surface area contributed by atoms with Crippen LogP contribution in [0.1, 0.15) is 29.8 Å². The number of benzene rings is 1. The van der Waals surface area contributed by atoms with E-state index in [1.165, 1.54) is 0 Å². The molecule has 0 bridgehead atoms. The van der Waals surface area contributed by atoms with Crippen LogP contribution in [-0.4, -0.2) is 81.4 Å². The first kappa shape index (κ1) is 25.9. The topological polar surface area (TPSA) is 101 Å². The number of nitrogens with zero attached hydrogens (tertiary/aromatic N) is 3. The Morgan fingerprint density at radius 1 is 1.24 bits per heavy atom. The minimum Gasteiger partial charge on any atom is -0.491 e. The van der Waals surface area contributed by atoms with Gasteiger partial charge in [0.15, 0.2) is 0 Å². The number of carbonyl (C=O) groups is 1. The van der Waals surface area contributed by atoms with Crippen LogP contribution in [0.5, 0.6) is 5.75 Å². The molecule has 1 aromatic carbocycles. The van der Waals surface area contributed by atoms with E-state index in [-0.39, 0.29) is 24.0 Å². The number of methoxy groups -OCH3 is 1. The summed E-state index contributed by atoms with van der Waals surface area (Å²) in [5.74, 6) is 0.275. The first-order valence-corrected chi connectivity index (χ1v) is 13.1. The predicted molar refractivity (Wildman–Crippen MR) is 131 cm³/mol. The Bertz CT molecular complexity index is 1080. The van der Waals surface area contributed by atoms with E-state index in [1.807, 2.05) is 18.3 Å². The standard InChI is InChI=1S/C24H34N4O5S/c1-17-13-28(14-19-7-6-10-25-12-19)18(2)16-33-22-11-20(26-34(5,30)31)8-9-21(22)24(29)27(3)15-23(17)32-4/h6-12,17-18,23,26H,13-16H2,1-5H3/t17-,18-,23-/m1/s1. The molecule has 1 aliphatic rings. The molecule has 0 unspecified atom stereocenters. The van der Waals surface area contributed by atoms with Gasteiger partial charge in [0.05, 0.1) is 23.6 Å². The van der Waals surface area contributed by atoms with Gasteiger partial charge in [-0.25, -0.2) is 8.42 Å². The number of rotatable bonds is 5. The van der Waals surface area contributed by atoms with Crippen LogP contribution in [0.4, 0.5) is 5.69 Å². The molecule has 2 heterocycles. The lowest BCUT2D eigenvalue weighted by Crippen LogP contribution is -2.46. The summed E-state index contributed by atoms with van der Waals surface area (Å²) in [6.07, 6.45) is 4.53. The summed E-state index contributed by atoms with van der Waals surface area (Å²) in [6, 6.07) is 8.68. The molecular weight excluding hydrogens is 456 g/mol. The van der Waals surface area contributed by atoms with Gasteiger partial charge in [0.25, 0.3) is 5.91 Å². The van der Waals surface area contributed by atoms with E-state index >= 15 is 0 Å². The molecule has 9 nitrogen and oxygen atoms in total. The Hall–Kier alpha value is -2.69. The molecule has 3 rings (SSSR count). The van der Waals surface area contributed by atoms with E-state index in [0.29, 0.717) is 36.7 Å². The fraction of sp³-hybridized carbons (Fsp3) is 0.500. The van der Waals surface area contributed by atoms with Crippen molar-refractivity contribution in [2.75, 3.05) is 44.8 Å². The summed E-state index contributed by atoms with van der Waals surface area (Å²) in [6.45, 7) is 6.35. The van der Waals surface area contributed by atoms with Crippen molar-refractivity contribution in [3.63, 3.8) is 0 Å². The molecule has 1 N–H and O–H groups in total. The summed E-state index contributed by atoms with van der Waals surface area (Å²) in [4.78, 5) is 21.4. The lowest BCUT2D eigenvalue weighted by atomic mass is 10.0. The van der Waals surface area contributed by atoms with Gasteiger partial charge in [0.1, 0.15) is 12.4 Å². The highest BCUT2D eigenvalue weighted by Gasteiger charge is 2.28. The van der Waals surface area contributed by atoms with E-state index in [9.17, 15) is 13.2 Å². The molecule has 1 aliphatic heterocycles. The first-order valence-electron chi connectivity index (χ1n) is 11.2. The zero-order valence-corrected chi connectivity index (χ0v) is 21.2. The molecule has 186 valence electrons. The van der Waals surface area contributed by atoms with Gasteiger partial charge in [-0.05, 0) is 36.6 Å². The number of hydrogen-bond donors (Lipinski definition) is 1. The number of pyridine rings is 1. The Morgan fingerprint density at radius 3 is 2.65 bits per heavy atom. The Balaban J connectivity index is 1.96. The van der Waals surface area contributed by atoms with Crippen LogP contribution >= 0.6 is 0 Å². The summed E-state index contributed by atoms with van der Waals surface area (Å²) in [5.41, 5.74) is 1.80. The van der Waals surface area contributed by atoms with Crippen LogP contribution in [0.3, 0.4) is 0 Å². The number of aromatic nitrogens is 1. The normalized spacial score (nSPS) is 22.8. The van der Waals surface area contributed by atoms with Crippen molar-refractivity contribution >= 4 is 21.6 Å². The maximum absolute atomic E-state index is 13.2. The molecule has 1 aromatic heterocycles. The first-order chi connectivity index (χ1) is 16.1. The molecule has 34 heavy (non-hydrogen) atoms. The molecule has 0 fully saturated rings. The second kappa shape index (κ2) is 11.2. The van der Waals surface area contributed by atoms with Gasteiger partial charge in [-0.2, -0.15) is 0 Å². The number of sulfonamides is 1. The third kappa shape index (κ3) is 6.91. The maximum atomic E-state index is 13.2. The van der Waals surface area contributed by atoms with Gasteiger partial charge in [0.2, 0.25) is 10.0 Å². The number of fused-ring (bicyclic) bond motifs is 1. The Labute approximate surface area is 202 Å². The van der Waals surface area contributed by atoms with Crippen molar-refractivity contribution in [1.82, 2.24) is 14.8 Å². The zero-order valence-electron chi connectivity index (χ0n) is 20.4. The third-order valence-electron chi connectivity index (χ3n) is 5.99. The number of nitrogens with one attached hydrogen (secondary N) is 1. The van der Waals surface area contributed by atoms with E-state index < -0.39 is 10.0 Å². The Morgan fingerprint density at radius 2 is 2.00 bits per heavy atom. The van der Waals surface area contributed by atoms with Gasteiger partial charge in [-0.1, -0.05) is 13.0 Å². The lowest BCUT2D eigenvalue weighted by Gasteiger charge is -2.36. The highest BCUT2D eigenvalue weighted by molar-refractivity contribution is 7.92. The van der Waals surface area contributed by atoms with Crippen LogP contribution in [0.2, 0.25) is 0 Å². The Kier molecular flexibility index (Phi) is 8.51. The molecule has 0 aliphatic carbocycles. The molecule has 2 aromatic rings. The van der Waals surface area contributed by atoms with Crippen molar-refractivity contribution in [2.45, 2.75) is 32.5 Å². The van der Waals surface area contributed by atoms with Gasteiger partial charge in [0, 0.05) is 58.3 Å². The van der Waals surface area contributed by atoms with E-state index in [4.69, 9.17) is 9.47 Å². The van der Waals surface area contributed by atoms with Gasteiger partial charge >= 0.3 is 0 Å². The fourth-order valence-electron chi connectivity index (χ4n) is 4.07. The van der Waals surface area contributed by atoms with Gasteiger partial charge in [-0.3, -0.25) is 19.4 Å². The second-order valence-corrected chi connectivity index (χ2v) is 10.7. The molecule has 3 atom stereocenters. The van der Waals surface area contributed by atoms with Crippen LogP contribution < -0.4 is 9.46 Å². The summed E-state index contributed by atoms with van der Waals surface area (Å²) < 4.78 is 37.8. The SMILES string of the molecule is CO[C@@H]1CN(C)C(=O)c2ccc(NS(C)(=O)=O)cc2OC[C@@H](C)N(Cc2cccnc2)C[C@H]1C. The molecular formula is C24H34N4O5S. The summed E-state index contributed by atoms with van der Waals surface area (Å²) in [5, 5.41) is 0. The van der Waals surface area contributed by atoms with Crippen LogP contribution in [0.15, 0.2) is 42.7 Å². The monoisotopic (exact) mass is 490 g/mol. The minimum absolute atomic E-state index is 0.00629. The van der Waals surface area contributed by atoms with E-state index in [1.54, 1.807) is 43.5 Å². The average molecular weight is 491 g/mol. The number of hydrogen-bond acceptors (Lipinski definition) is 7. The van der Waals surface area contributed by atoms with Crippen molar-refractivity contribution in [2.24, 2.45) is 5.92 Å². The molecule has 0 saturated carbocycles. The van der Waals surface area contributed by atoms with Crippen molar-refractivity contribution in [3.05, 3.63) is 53.9 Å². The zero-order chi connectivity index (χ0) is 24.9. The quantitative estimate of drug-likeness (QED) is 0.687. The number of anilines is 1. The molecule has 0 saturated heterocycles. The molecule has 0 radical (unpaired) electrons. The third-order valence-corrected chi connectivity index (χ3v) is 6.59. The average Bonchev–Trinajstić information content (AvgIpc) is 2.79. The number of carbonyl (C=O) groups excluding carboxylic acids is 1. The van der Waals surface area contributed by atoms with E-state index in [2.05, 4.69) is 28.5 Å². The molecule has 0 spiro atoms. The second-order valence-electron chi connectivity index (χ2n) is 8.97. The lowest BCUT2D eigenvalue weighted by molar-refractivity contribution is 0.00920. The van der Waals surface area contributed by atoms with E-state index in [0.717, 1.165) is 18.4 Å². The van der Waals surface area contributed by atoms with Crippen molar-refractivity contribution in [3.8, 4) is 5.75 Å². The van der Waals surface area contributed by atoms with Gasteiger partial charge in [-0.15, -0.1) is 0 Å². The van der Waals surface area contributed by atoms with Crippen LogP contribution in [-0.2, 0) is 21.3 Å². The highest BCUT2D eigenvalue weighted by Crippen LogP contribution is 2.27. The minimum atomic E-state index is -3.47. The van der Waals surface area contributed by atoms with Crippen molar-refractivity contribution in [1.29, 1.82) is 0 Å². The fourth-order valence-corrected chi connectivity index (χ4v) is 4.63. The maximum Gasteiger partial charge on any atom is 0.257 e. The van der Waals surface area contributed by atoms with Crippen LogP contribution in [0.25, 0.3) is 0 Å². The summed E-state index contributed by atoms with van der Waals surface area (Å²) in [7, 11) is -0.0720.